The number of aliphatic hydroxyl groups is 1. The maximum atomic E-state index is 14.3. The summed E-state index contributed by atoms with van der Waals surface area (Å²) in [5.74, 6) is -6.86. The highest BCUT2D eigenvalue weighted by molar-refractivity contribution is 5.90. The van der Waals surface area contributed by atoms with Gasteiger partial charge in [0, 0.05) is 27.2 Å². The molecule has 0 aromatic heterocycles. The molecule has 0 amide bonds. The van der Waals surface area contributed by atoms with E-state index in [4.69, 9.17) is 33.2 Å². The largest absolute Gasteiger partial charge is 0.464 e. The van der Waals surface area contributed by atoms with Crippen molar-refractivity contribution >= 4 is 35.8 Å². The average Bonchev–Trinajstić information content (AvgIpc) is 3.31. The number of carbonyl (C=O) groups is 6. The molecule has 292 valence electrons. The Bertz CT molecular complexity index is 1760. The van der Waals surface area contributed by atoms with Crippen LogP contribution in [-0.2, 0) is 52.3 Å². The van der Waals surface area contributed by atoms with Gasteiger partial charge in [0.1, 0.15) is 30.3 Å². The molecular formula is C40H48O14. The number of esters is 6. The third-order valence-corrected chi connectivity index (χ3v) is 10.9. The zero-order chi connectivity index (χ0) is 39.8. The van der Waals surface area contributed by atoms with Gasteiger partial charge in [-0.2, -0.15) is 0 Å². The molecule has 1 spiro atoms. The summed E-state index contributed by atoms with van der Waals surface area (Å²) < 4.78 is 43.7. The van der Waals surface area contributed by atoms with Gasteiger partial charge in [-0.3, -0.25) is 19.2 Å². The van der Waals surface area contributed by atoms with E-state index < -0.39 is 113 Å². The van der Waals surface area contributed by atoms with Crippen LogP contribution >= 0.6 is 0 Å². The van der Waals surface area contributed by atoms with E-state index in [1.54, 1.807) is 64.1 Å². The molecule has 0 radical (unpaired) electrons. The molecule has 2 saturated carbocycles. The van der Waals surface area contributed by atoms with Gasteiger partial charge in [0.2, 0.25) is 0 Å². The van der Waals surface area contributed by atoms with E-state index in [0.29, 0.717) is 6.42 Å². The number of benzene rings is 2. The van der Waals surface area contributed by atoms with Gasteiger partial charge in [-0.15, -0.1) is 0 Å². The van der Waals surface area contributed by atoms with E-state index in [2.05, 4.69) is 0 Å². The van der Waals surface area contributed by atoms with Crippen molar-refractivity contribution in [2.45, 2.75) is 116 Å². The minimum absolute atomic E-state index is 0.0733. The average molecular weight is 753 g/mol. The minimum Gasteiger partial charge on any atom is -0.464 e. The van der Waals surface area contributed by atoms with Gasteiger partial charge in [0.15, 0.2) is 17.8 Å². The predicted octanol–water partition coefficient (Wildman–Crippen LogP) is 4.14. The fraction of sp³-hybridized carbons (Fsp3) is 0.550. The zero-order valence-electron chi connectivity index (χ0n) is 31.7. The lowest BCUT2D eigenvalue weighted by Gasteiger charge is -2.66. The number of hydrogen-bond donors (Lipinski definition) is 1. The molecule has 14 nitrogen and oxygen atoms in total. The molecular weight excluding hydrogens is 704 g/mol. The highest BCUT2D eigenvalue weighted by Gasteiger charge is 2.89. The minimum atomic E-state index is -2.32. The molecule has 2 aromatic carbocycles. The highest BCUT2D eigenvalue weighted by atomic mass is 16.7. The molecule has 5 rings (SSSR count). The maximum Gasteiger partial charge on any atom is 0.338 e. The smallest absolute Gasteiger partial charge is 0.338 e. The molecule has 2 aromatic rings. The van der Waals surface area contributed by atoms with Crippen LogP contribution in [0.3, 0.4) is 0 Å². The lowest BCUT2D eigenvalue weighted by atomic mass is 9.45. The number of ether oxygens (including phenoxy) is 7. The fourth-order valence-electron chi connectivity index (χ4n) is 8.67. The summed E-state index contributed by atoms with van der Waals surface area (Å²) in [6, 6.07) is 15.8. The van der Waals surface area contributed by atoms with Gasteiger partial charge in [-0.1, -0.05) is 50.2 Å². The first-order chi connectivity index (χ1) is 25.3. The van der Waals surface area contributed by atoms with Crippen LogP contribution in [0.15, 0.2) is 60.7 Å². The molecule has 1 unspecified atom stereocenters. The molecule has 3 aliphatic rings. The molecule has 2 bridgehead atoms. The molecule has 10 atom stereocenters. The van der Waals surface area contributed by atoms with Crippen LogP contribution in [0.4, 0.5) is 0 Å². The summed E-state index contributed by atoms with van der Waals surface area (Å²) in [4.78, 5) is 80.9. The number of rotatable bonds is 11. The standard InChI is InChI=1S/C40H48O14/c1-9-22(2)34(44)48-21-39-31(50-24(4)42)28(49-23(3)41)20-38(8,47)40(39)32(51-25(5)43)29(37(6,7)54-40)30(52-35(45)26-16-12-10-13-17-26)33(39)53-36(46)27-18-14-11-15-19-27/h10-19,22,28-33,47H,9,20-21H2,1-8H3/t22?,28-,29+,30+,31-,32+,33-,38-,39-,40-/m0/s1. The van der Waals surface area contributed by atoms with E-state index >= 15 is 0 Å². The van der Waals surface area contributed by atoms with Crippen LogP contribution in [0, 0.1) is 17.3 Å². The van der Waals surface area contributed by atoms with E-state index in [0.717, 1.165) is 20.8 Å². The Balaban J connectivity index is 1.91. The lowest BCUT2D eigenvalue weighted by Crippen LogP contribution is -2.85. The highest BCUT2D eigenvalue weighted by Crippen LogP contribution is 2.69. The fourth-order valence-corrected chi connectivity index (χ4v) is 8.67. The molecule has 1 heterocycles. The molecule has 1 saturated heterocycles. The van der Waals surface area contributed by atoms with Gasteiger partial charge in [-0.25, -0.2) is 9.59 Å². The van der Waals surface area contributed by atoms with Gasteiger partial charge >= 0.3 is 35.8 Å². The topological polar surface area (TPSA) is 187 Å². The van der Waals surface area contributed by atoms with Crippen molar-refractivity contribution in [3.63, 3.8) is 0 Å². The summed E-state index contributed by atoms with van der Waals surface area (Å²) in [6.45, 7) is 10.5. The van der Waals surface area contributed by atoms with Gasteiger partial charge in [-0.05, 0) is 51.5 Å². The van der Waals surface area contributed by atoms with Crippen molar-refractivity contribution in [1.29, 1.82) is 0 Å². The second kappa shape index (κ2) is 15.1. The van der Waals surface area contributed by atoms with Crippen molar-refractivity contribution in [1.82, 2.24) is 0 Å². The molecule has 1 aliphatic heterocycles. The van der Waals surface area contributed by atoms with Crippen LogP contribution in [0.5, 0.6) is 0 Å². The van der Waals surface area contributed by atoms with Gasteiger partial charge < -0.3 is 38.3 Å². The quantitative estimate of drug-likeness (QED) is 0.255. The Kier molecular flexibility index (Phi) is 11.3. The van der Waals surface area contributed by atoms with Crippen LogP contribution in [-0.4, -0.2) is 94.9 Å². The Morgan fingerprint density at radius 3 is 1.74 bits per heavy atom. The first-order valence-electron chi connectivity index (χ1n) is 18.0. The summed E-state index contributed by atoms with van der Waals surface area (Å²) in [5, 5.41) is 12.9. The Hall–Kier alpha value is -4.82. The lowest BCUT2D eigenvalue weighted by molar-refractivity contribution is -0.363. The summed E-state index contributed by atoms with van der Waals surface area (Å²) >= 11 is 0. The molecule has 2 aliphatic carbocycles. The second-order valence-electron chi connectivity index (χ2n) is 15.0. The normalized spacial score (nSPS) is 32.5. The van der Waals surface area contributed by atoms with E-state index in [1.807, 2.05) is 0 Å². The molecule has 54 heavy (non-hydrogen) atoms. The molecule has 3 fully saturated rings. The van der Waals surface area contributed by atoms with Crippen molar-refractivity contribution in [3.8, 4) is 0 Å². The van der Waals surface area contributed by atoms with Gasteiger partial charge in [0.05, 0.1) is 34.2 Å². The van der Waals surface area contributed by atoms with E-state index in [-0.39, 0.29) is 11.1 Å². The van der Waals surface area contributed by atoms with Crippen LogP contribution < -0.4 is 0 Å². The summed E-state index contributed by atoms with van der Waals surface area (Å²) in [7, 11) is 0. The van der Waals surface area contributed by atoms with E-state index in [1.165, 1.54) is 31.2 Å². The van der Waals surface area contributed by atoms with Gasteiger partial charge in [0.25, 0.3) is 0 Å². The van der Waals surface area contributed by atoms with Crippen molar-refractivity contribution < 1.29 is 67.0 Å². The van der Waals surface area contributed by atoms with Crippen LogP contribution in [0.25, 0.3) is 0 Å². The third-order valence-electron chi connectivity index (χ3n) is 10.9. The monoisotopic (exact) mass is 752 g/mol. The Labute approximate surface area is 313 Å². The summed E-state index contributed by atoms with van der Waals surface area (Å²) in [5.41, 5.74) is -8.05. The number of carbonyl (C=O) groups excluding carboxylic acids is 6. The van der Waals surface area contributed by atoms with Crippen LogP contribution in [0.1, 0.15) is 88.9 Å². The number of fused-ring (bicyclic) bond motifs is 1. The van der Waals surface area contributed by atoms with Crippen molar-refractivity contribution in [2.24, 2.45) is 17.3 Å². The SMILES string of the molecule is CCC(C)C(=O)OC[C@]12[C@@H](OC(=O)c3ccccc3)[C@H](OC(=O)c3ccccc3)[C@@H]3[C@@H](OC(C)=O)[C@]1(OC3(C)C)[C@@](C)(O)C[C@H](OC(C)=O)[C@@H]2OC(C)=O. The zero-order valence-corrected chi connectivity index (χ0v) is 31.7. The third kappa shape index (κ3) is 6.97. The molecule has 14 heteroatoms. The second-order valence-corrected chi connectivity index (χ2v) is 15.0. The first kappa shape index (κ1) is 40.4. The number of hydrogen-bond acceptors (Lipinski definition) is 14. The van der Waals surface area contributed by atoms with E-state index in [9.17, 15) is 33.9 Å². The van der Waals surface area contributed by atoms with Crippen LogP contribution in [0.2, 0.25) is 0 Å². The molecule has 1 N–H and O–H groups in total. The van der Waals surface area contributed by atoms with Crippen molar-refractivity contribution in [2.75, 3.05) is 6.61 Å². The Morgan fingerprint density at radius 1 is 0.741 bits per heavy atom. The predicted molar refractivity (Wildman–Crippen MR) is 187 cm³/mol. The summed E-state index contributed by atoms with van der Waals surface area (Å²) in [6.07, 6.45) is -8.23. The Morgan fingerprint density at radius 2 is 1.24 bits per heavy atom. The van der Waals surface area contributed by atoms with Crippen molar-refractivity contribution in [3.05, 3.63) is 71.8 Å². The maximum absolute atomic E-state index is 14.3. The first-order valence-corrected chi connectivity index (χ1v) is 18.0.